The molecule has 0 aliphatic carbocycles. The lowest BCUT2D eigenvalue weighted by molar-refractivity contribution is 0.0632. The molecular weight excluding hydrogens is 552 g/mol. The van der Waals surface area contributed by atoms with Gasteiger partial charge in [-0.1, -0.05) is 6.07 Å². The maximum Gasteiger partial charge on any atom is 0.264 e. The molecule has 4 aromatic rings. The van der Waals surface area contributed by atoms with Crippen LogP contribution >= 0.6 is 11.3 Å². The monoisotopic (exact) mass is 586 g/mol. The van der Waals surface area contributed by atoms with Gasteiger partial charge in [0.1, 0.15) is 22.7 Å². The minimum Gasteiger partial charge on any atom is -0.497 e. The number of thiophene rings is 1. The normalized spacial score (nSPS) is 17.2. The Labute approximate surface area is 249 Å². The van der Waals surface area contributed by atoms with E-state index in [4.69, 9.17) is 19.2 Å². The molecule has 2 saturated heterocycles. The molecule has 2 aromatic heterocycles. The number of carbonyl (C=O) groups is 1. The van der Waals surface area contributed by atoms with E-state index in [1.165, 1.54) is 22.6 Å². The van der Waals surface area contributed by atoms with Gasteiger partial charge in [0.25, 0.3) is 5.91 Å². The molecule has 3 aliphatic heterocycles. The number of carbonyl (C=O) groups excluding carboxylic acids is 1. The highest BCUT2D eigenvalue weighted by Crippen LogP contribution is 2.37. The lowest BCUT2D eigenvalue weighted by atomic mass is 10.1. The Morgan fingerprint density at radius 2 is 1.64 bits per heavy atom. The highest BCUT2D eigenvalue weighted by Gasteiger charge is 2.29. The Morgan fingerprint density at radius 3 is 2.40 bits per heavy atom. The van der Waals surface area contributed by atoms with Crippen LogP contribution in [-0.2, 0) is 6.54 Å². The second-order valence-corrected chi connectivity index (χ2v) is 11.9. The largest absolute Gasteiger partial charge is 0.497 e. The van der Waals surface area contributed by atoms with Gasteiger partial charge < -0.3 is 28.9 Å². The van der Waals surface area contributed by atoms with Gasteiger partial charge in [-0.25, -0.2) is 9.97 Å². The maximum absolute atomic E-state index is 13.7. The fourth-order valence-electron chi connectivity index (χ4n) is 6.02. The zero-order valence-electron chi connectivity index (χ0n) is 23.9. The number of aryl methyl sites for hydroxylation is 1. The first-order chi connectivity index (χ1) is 20.6. The Kier molecular flexibility index (Phi) is 7.20. The van der Waals surface area contributed by atoms with Crippen molar-refractivity contribution in [2.24, 2.45) is 0 Å². The van der Waals surface area contributed by atoms with Gasteiger partial charge in [-0.3, -0.25) is 9.69 Å². The summed E-state index contributed by atoms with van der Waals surface area (Å²) in [6.45, 7) is 9.68. The first kappa shape index (κ1) is 26.8. The molecule has 7 rings (SSSR count). The van der Waals surface area contributed by atoms with Gasteiger partial charge in [0.2, 0.25) is 6.79 Å². The van der Waals surface area contributed by atoms with Crippen LogP contribution in [0.5, 0.6) is 17.2 Å². The molecule has 0 unspecified atom stereocenters. The van der Waals surface area contributed by atoms with Crippen molar-refractivity contribution < 1.29 is 19.0 Å². The van der Waals surface area contributed by atoms with Crippen LogP contribution in [0.1, 0.15) is 20.8 Å². The van der Waals surface area contributed by atoms with Crippen molar-refractivity contribution in [2.75, 3.05) is 76.1 Å². The lowest BCUT2D eigenvalue weighted by Crippen LogP contribution is -2.48. The average Bonchev–Trinajstić information content (AvgIpc) is 3.65. The quantitative estimate of drug-likeness (QED) is 0.333. The Balaban J connectivity index is 1.01. The van der Waals surface area contributed by atoms with Crippen molar-refractivity contribution in [3.63, 3.8) is 0 Å². The van der Waals surface area contributed by atoms with Gasteiger partial charge in [-0.2, -0.15) is 0 Å². The summed E-state index contributed by atoms with van der Waals surface area (Å²) in [7, 11) is 1.69. The van der Waals surface area contributed by atoms with Crippen LogP contribution < -0.4 is 24.0 Å². The summed E-state index contributed by atoms with van der Waals surface area (Å²) in [5.41, 5.74) is 3.37. The van der Waals surface area contributed by atoms with E-state index in [1.54, 1.807) is 13.4 Å². The topological polar surface area (TPSA) is 83.5 Å². The number of amides is 1. The average molecular weight is 587 g/mol. The number of aromatic nitrogens is 2. The van der Waals surface area contributed by atoms with E-state index in [-0.39, 0.29) is 12.7 Å². The maximum atomic E-state index is 13.7. The third kappa shape index (κ3) is 5.07. The zero-order valence-corrected chi connectivity index (χ0v) is 24.7. The Hall–Kier alpha value is -4.09. The molecular formula is C31H34N6O4S. The van der Waals surface area contributed by atoms with E-state index in [9.17, 15) is 4.79 Å². The van der Waals surface area contributed by atoms with Crippen LogP contribution in [0.2, 0.25) is 0 Å². The standard InChI is InChI=1S/C31H34N6O4S/c1-21-27-29(36-15-13-35(14-16-36)23-4-6-24(39-2)7-5-23)32-19-33-30(27)42-28(21)31(38)37-11-9-34(10-12-37)18-22-3-8-25-26(17-22)41-20-40-25/h3-8,17,19H,9-16,18,20H2,1-2H3. The molecule has 0 atom stereocenters. The molecule has 42 heavy (non-hydrogen) atoms. The number of hydrogen-bond donors (Lipinski definition) is 0. The predicted molar refractivity (Wildman–Crippen MR) is 163 cm³/mol. The van der Waals surface area contributed by atoms with Crippen molar-refractivity contribution in [3.8, 4) is 17.2 Å². The van der Waals surface area contributed by atoms with Gasteiger partial charge in [-0.15, -0.1) is 11.3 Å². The molecule has 0 N–H and O–H groups in total. The summed E-state index contributed by atoms with van der Waals surface area (Å²) in [6.07, 6.45) is 1.63. The third-order valence-electron chi connectivity index (χ3n) is 8.42. The summed E-state index contributed by atoms with van der Waals surface area (Å²) in [5.74, 6) is 3.49. The van der Waals surface area contributed by atoms with Gasteiger partial charge in [0.05, 0.1) is 17.4 Å². The van der Waals surface area contributed by atoms with E-state index >= 15 is 0 Å². The minimum atomic E-state index is 0.0912. The number of rotatable bonds is 6. The van der Waals surface area contributed by atoms with Gasteiger partial charge in [-0.05, 0) is 54.4 Å². The van der Waals surface area contributed by atoms with Gasteiger partial charge in [0, 0.05) is 64.6 Å². The molecule has 3 aliphatic rings. The van der Waals surface area contributed by atoms with Crippen LogP contribution in [0.15, 0.2) is 48.8 Å². The molecule has 0 saturated carbocycles. The van der Waals surface area contributed by atoms with E-state index in [2.05, 4.69) is 43.9 Å². The number of benzene rings is 2. The van der Waals surface area contributed by atoms with Crippen molar-refractivity contribution in [1.29, 1.82) is 0 Å². The molecule has 0 spiro atoms. The third-order valence-corrected chi connectivity index (χ3v) is 9.61. The lowest BCUT2D eigenvalue weighted by Gasteiger charge is -2.37. The Morgan fingerprint density at radius 1 is 0.905 bits per heavy atom. The summed E-state index contributed by atoms with van der Waals surface area (Å²) >= 11 is 1.49. The van der Waals surface area contributed by atoms with Gasteiger partial charge >= 0.3 is 0 Å². The molecule has 11 heteroatoms. The van der Waals surface area contributed by atoms with Crippen LogP contribution in [-0.4, -0.2) is 91.9 Å². The second-order valence-electron chi connectivity index (χ2n) is 10.9. The number of ether oxygens (including phenoxy) is 3. The number of piperazine rings is 2. The summed E-state index contributed by atoms with van der Waals surface area (Å²) < 4.78 is 16.3. The van der Waals surface area contributed by atoms with Crippen molar-refractivity contribution >= 4 is 39.0 Å². The van der Waals surface area contributed by atoms with E-state index < -0.39 is 0 Å². The van der Waals surface area contributed by atoms with Crippen LogP contribution in [0, 0.1) is 6.92 Å². The molecule has 1 amide bonds. The number of anilines is 2. The van der Waals surface area contributed by atoms with Crippen molar-refractivity contribution in [1.82, 2.24) is 19.8 Å². The van der Waals surface area contributed by atoms with Gasteiger partial charge in [0.15, 0.2) is 11.5 Å². The summed E-state index contributed by atoms with van der Waals surface area (Å²) in [5, 5.41) is 1.00. The van der Waals surface area contributed by atoms with E-state index in [1.807, 2.05) is 30.0 Å². The Bertz CT molecular complexity index is 1590. The minimum absolute atomic E-state index is 0.0912. The predicted octanol–water partition coefficient (Wildman–Crippen LogP) is 4.02. The van der Waals surface area contributed by atoms with Crippen LogP contribution in [0.3, 0.4) is 0 Å². The number of hydrogen-bond acceptors (Lipinski definition) is 10. The fourth-order valence-corrected chi connectivity index (χ4v) is 7.13. The highest BCUT2D eigenvalue weighted by molar-refractivity contribution is 7.20. The SMILES string of the molecule is COc1ccc(N2CCN(c3ncnc4sc(C(=O)N5CCN(Cc6ccc7c(c6)OCO7)CC5)c(C)c34)CC2)cc1. The number of methoxy groups -OCH3 is 1. The van der Waals surface area contributed by atoms with Crippen molar-refractivity contribution in [3.05, 3.63) is 64.8 Å². The first-order valence-electron chi connectivity index (χ1n) is 14.4. The number of nitrogens with zero attached hydrogens (tertiary/aromatic N) is 6. The van der Waals surface area contributed by atoms with E-state index in [0.717, 1.165) is 89.5 Å². The van der Waals surface area contributed by atoms with Crippen LogP contribution in [0.4, 0.5) is 11.5 Å². The van der Waals surface area contributed by atoms with E-state index in [0.29, 0.717) is 13.1 Å². The molecule has 218 valence electrons. The number of fused-ring (bicyclic) bond motifs is 2. The molecule has 0 bridgehead atoms. The van der Waals surface area contributed by atoms with Crippen molar-refractivity contribution in [2.45, 2.75) is 13.5 Å². The molecule has 10 nitrogen and oxygen atoms in total. The highest BCUT2D eigenvalue weighted by atomic mass is 32.1. The first-order valence-corrected chi connectivity index (χ1v) is 15.2. The smallest absolute Gasteiger partial charge is 0.264 e. The molecule has 2 fully saturated rings. The summed E-state index contributed by atoms with van der Waals surface area (Å²) in [4.78, 5) is 33.7. The summed E-state index contributed by atoms with van der Waals surface area (Å²) in [6, 6.07) is 14.3. The molecule has 5 heterocycles. The fraction of sp³-hybridized carbons (Fsp3) is 0.387. The molecule has 0 radical (unpaired) electrons. The molecule has 2 aromatic carbocycles. The van der Waals surface area contributed by atoms with Crippen LogP contribution in [0.25, 0.3) is 10.2 Å². The second kappa shape index (κ2) is 11.3. The zero-order chi connectivity index (χ0) is 28.6.